The minimum atomic E-state index is -1.02. The van der Waals surface area contributed by atoms with Crippen LogP contribution in [0.1, 0.15) is 0 Å². The second-order valence-electron chi connectivity index (χ2n) is 3.31. The maximum atomic E-state index is 11.7. The SMILES string of the molecule is O=[N+]([O-])c1cc2ccccc2c([O-])c1[N+](=O)[O-]. The van der Waals surface area contributed by atoms with Gasteiger partial charge in [-0.15, -0.1) is 0 Å². The van der Waals surface area contributed by atoms with Crippen LogP contribution in [0.25, 0.3) is 10.8 Å². The summed E-state index contributed by atoms with van der Waals surface area (Å²) in [6.07, 6.45) is 0. The highest BCUT2D eigenvalue weighted by Gasteiger charge is 2.26. The second-order valence-corrected chi connectivity index (χ2v) is 3.31. The molecule has 0 saturated heterocycles. The summed E-state index contributed by atoms with van der Waals surface area (Å²) >= 11 is 0. The largest absolute Gasteiger partial charge is 0.867 e. The lowest BCUT2D eigenvalue weighted by atomic mass is 10.1. The average molecular weight is 233 g/mol. The van der Waals surface area contributed by atoms with Crippen LogP contribution >= 0.6 is 0 Å². The van der Waals surface area contributed by atoms with Crippen molar-refractivity contribution < 1.29 is 15.0 Å². The summed E-state index contributed by atoms with van der Waals surface area (Å²) in [5.74, 6) is -0.931. The van der Waals surface area contributed by atoms with E-state index in [4.69, 9.17) is 0 Å². The Morgan fingerprint density at radius 1 is 1.00 bits per heavy atom. The quantitative estimate of drug-likeness (QED) is 0.579. The molecular formula is C10H5N2O5-. The zero-order valence-electron chi connectivity index (χ0n) is 8.32. The summed E-state index contributed by atoms with van der Waals surface area (Å²) in [6, 6.07) is 7.06. The normalized spacial score (nSPS) is 10.4. The summed E-state index contributed by atoms with van der Waals surface area (Å²) in [5.41, 5.74) is -1.77. The van der Waals surface area contributed by atoms with Gasteiger partial charge in [-0.05, 0) is 16.5 Å². The van der Waals surface area contributed by atoms with Crippen molar-refractivity contribution in [3.8, 4) is 5.75 Å². The van der Waals surface area contributed by atoms with E-state index in [0.29, 0.717) is 5.39 Å². The van der Waals surface area contributed by atoms with E-state index < -0.39 is 27.0 Å². The second kappa shape index (κ2) is 3.71. The number of hydrogen-bond acceptors (Lipinski definition) is 5. The minimum Gasteiger partial charge on any atom is -0.867 e. The highest BCUT2D eigenvalue weighted by atomic mass is 16.6. The van der Waals surface area contributed by atoms with Crippen molar-refractivity contribution >= 4 is 22.1 Å². The third-order valence-electron chi connectivity index (χ3n) is 2.33. The molecule has 86 valence electrons. The molecular weight excluding hydrogens is 228 g/mol. The zero-order valence-corrected chi connectivity index (χ0v) is 8.32. The Kier molecular flexibility index (Phi) is 2.36. The van der Waals surface area contributed by atoms with Crippen molar-refractivity contribution in [1.82, 2.24) is 0 Å². The molecule has 17 heavy (non-hydrogen) atoms. The minimum absolute atomic E-state index is 0.102. The first-order valence-electron chi connectivity index (χ1n) is 4.54. The summed E-state index contributed by atoms with van der Waals surface area (Å²) in [5, 5.41) is 33.5. The van der Waals surface area contributed by atoms with Crippen LogP contribution in [0.3, 0.4) is 0 Å². The lowest BCUT2D eigenvalue weighted by Crippen LogP contribution is -2.03. The molecule has 0 unspecified atom stereocenters. The number of fused-ring (bicyclic) bond motifs is 1. The third-order valence-corrected chi connectivity index (χ3v) is 2.33. The Labute approximate surface area is 94.2 Å². The molecule has 0 atom stereocenters. The lowest BCUT2D eigenvalue weighted by Gasteiger charge is -2.10. The molecule has 2 rings (SSSR count). The first-order valence-corrected chi connectivity index (χ1v) is 4.54. The fraction of sp³-hybridized carbons (Fsp3) is 0. The number of nitro benzene ring substituents is 2. The standard InChI is InChI=1S/C10H6N2O5/c13-10-7-4-2-1-3-6(7)5-8(11(14)15)9(10)12(16)17/h1-5,13H/p-1. The highest BCUT2D eigenvalue weighted by Crippen LogP contribution is 2.39. The van der Waals surface area contributed by atoms with Gasteiger partial charge in [0.05, 0.1) is 9.85 Å². The van der Waals surface area contributed by atoms with E-state index in [1.54, 1.807) is 12.1 Å². The highest BCUT2D eigenvalue weighted by molar-refractivity contribution is 5.94. The Morgan fingerprint density at radius 2 is 1.65 bits per heavy atom. The molecule has 2 aromatic rings. The predicted octanol–water partition coefficient (Wildman–Crippen LogP) is 1.73. The van der Waals surface area contributed by atoms with Gasteiger partial charge in [-0.1, -0.05) is 24.3 Å². The van der Waals surface area contributed by atoms with Crippen LogP contribution in [0.4, 0.5) is 11.4 Å². The predicted molar refractivity (Wildman–Crippen MR) is 56.7 cm³/mol. The zero-order chi connectivity index (χ0) is 12.6. The maximum Gasteiger partial charge on any atom is 0.345 e. The van der Waals surface area contributed by atoms with Gasteiger partial charge < -0.3 is 5.11 Å². The van der Waals surface area contributed by atoms with E-state index >= 15 is 0 Å². The van der Waals surface area contributed by atoms with Crippen LogP contribution in [-0.4, -0.2) is 9.85 Å². The molecule has 7 nitrogen and oxygen atoms in total. The van der Waals surface area contributed by atoms with Gasteiger partial charge in [0.2, 0.25) is 0 Å². The Balaban J connectivity index is 2.94. The average Bonchev–Trinajstić information content (AvgIpc) is 2.28. The van der Waals surface area contributed by atoms with Gasteiger partial charge in [-0.2, -0.15) is 0 Å². The molecule has 0 spiro atoms. The van der Waals surface area contributed by atoms with E-state index in [1.807, 2.05) is 0 Å². The fourth-order valence-corrected chi connectivity index (χ4v) is 1.60. The van der Waals surface area contributed by atoms with Gasteiger partial charge in [0.25, 0.3) is 0 Å². The summed E-state index contributed by atoms with van der Waals surface area (Å²) < 4.78 is 0. The molecule has 0 aliphatic heterocycles. The number of hydrogen-bond donors (Lipinski definition) is 0. The maximum absolute atomic E-state index is 11.7. The van der Waals surface area contributed by atoms with Gasteiger partial charge in [0.1, 0.15) is 0 Å². The number of benzene rings is 2. The van der Waals surface area contributed by atoms with Crippen molar-refractivity contribution in [2.45, 2.75) is 0 Å². The van der Waals surface area contributed by atoms with Crippen molar-refractivity contribution in [3.05, 3.63) is 50.6 Å². The van der Waals surface area contributed by atoms with E-state index in [1.165, 1.54) is 12.1 Å². The van der Waals surface area contributed by atoms with Crippen LogP contribution < -0.4 is 5.11 Å². The van der Waals surface area contributed by atoms with Crippen molar-refractivity contribution in [2.24, 2.45) is 0 Å². The molecule has 2 aromatic carbocycles. The summed E-state index contributed by atoms with van der Waals surface area (Å²) in [4.78, 5) is 19.4. The third kappa shape index (κ3) is 1.63. The molecule has 0 N–H and O–H groups in total. The topological polar surface area (TPSA) is 109 Å². The van der Waals surface area contributed by atoms with Gasteiger partial charge in [-0.3, -0.25) is 20.2 Å². The number of nitrogens with zero attached hydrogens (tertiary/aromatic N) is 2. The smallest absolute Gasteiger partial charge is 0.345 e. The molecule has 0 aromatic heterocycles. The van der Waals surface area contributed by atoms with Crippen molar-refractivity contribution in [3.63, 3.8) is 0 Å². The summed E-state index contributed by atoms with van der Waals surface area (Å²) in [6.45, 7) is 0. The lowest BCUT2D eigenvalue weighted by molar-refractivity contribution is -0.429. The van der Waals surface area contributed by atoms with Gasteiger partial charge in [-0.25, -0.2) is 0 Å². The number of nitro groups is 2. The Bertz CT molecular complexity index is 638. The first kappa shape index (κ1) is 10.8. The van der Waals surface area contributed by atoms with E-state index in [2.05, 4.69) is 0 Å². The molecule has 0 heterocycles. The summed E-state index contributed by atoms with van der Waals surface area (Å²) in [7, 11) is 0. The monoisotopic (exact) mass is 233 g/mol. The fourth-order valence-electron chi connectivity index (χ4n) is 1.60. The first-order chi connectivity index (χ1) is 8.02. The van der Waals surface area contributed by atoms with Crippen molar-refractivity contribution in [1.29, 1.82) is 0 Å². The van der Waals surface area contributed by atoms with E-state index in [-0.39, 0.29) is 5.39 Å². The van der Waals surface area contributed by atoms with Gasteiger partial charge in [0, 0.05) is 6.07 Å². The number of rotatable bonds is 2. The van der Waals surface area contributed by atoms with Crippen molar-refractivity contribution in [2.75, 3.05) is 0 Å². The molecule has 7 heteroatoms. The van der Waals surface area contributed by atoms with E-state index in [0.717, 1.165) is 6.07 Å². The van der Waals surface area contributed by atoms with Crippen LogP contribution in [0.2, 0.25) is 0 Å². The molecule has 0 aliphatic carbocycles. The molecule has 0 saturated carbocycles. The Morgan fingerprint density at radius 3 is 2.24 bits per heavy atom. The van der Waals surface area contributed by atoms with E-state index in [9.17, 15) is 25.3 Å². The van der Waals surface area contributed by atoms with Crippen LogP contribution in [0, 0.1) is 20.2 Å². The molecule has 0 radical (unpaired) electrons. The Hall–Kier alpha value is -2.70. The molecule has 0 fully saturated rings. The molecule has 0 amide bonds. The van der Waals surface area contributed by atoms with Crippen LogP contribution in [0.15, 0.2) is 30.3 Å². The molecule has 0 aliphatic rings. The van der Waals surface area contributed by atoms with Crippen LogP contribution in [0.5, 0.6) is 5.75 Å². The molecule has 0 bridgehead atoms. The van der Waals surface area contributed by atoms with Gasteiger partial charge >= 0.3 is 11.4 Å². The van der Waals surface area contributed by atoms with Gasteiger partial charge in [0.15, 0.2) is 0 Å². The van der Waals surface area contributed by atoms with Crippen LogP contribution in [-0.2, 0) is 0 Å².